The van der Waals surface area contributed by atoms with Crippen LogP contribution in [0.2, 0.25) is 0 Å². The molecular weight excluding hydrogens is 319 g/mol. The van der Waals surface area contributed by atoms with E-state index >= 15 is 0 Å². The molecule has 1 aromatic heterocycles. The van der Waals surface area contributed by atoms with E-state index in [4.69, 9.17) is 0 Å². The lowest BCUT2D eigenvalue weighted by Gasteiger charge is -2.21. The summed E-state index contributed by atoms with van der Waals surface area (Å²) < 4.78 is 15.6. The first-order valence-corrected chi connectivity index (χ1v) is 9.01. The third kappa shape index (κ3) is 3.44. The summed E-state index contributed by atoms with van der Waals surface area (Å²) in [4.78, 5) is 21.7. The molecule has 0 N–H and O–H groups in total. The number of carbonyl (C=O) groups is 1. The second-order valence-corrected chi connectivity index (χ2v) is 6.91. The molecule has 5 nitrogen and oxygen atoms in total. The first-order chi connectivity index (χ1) is 12.2. The Morgan fingerprint density at radius 2 is 1.96 bits per heavy atom. The Morgan fingerprint density at radius 1 is 1.12 bits per heavy atom. The fourth-order valence-corrected chi connectivity index (χ4v) is 3.78. The quantitative estimate of drug-likeness (QED) is 0.861. The van der Waals surface area contributed by atoms with Crippen molar-refractivity contribution >= 4 is 5.91 Å². The van der Waals surface area contributed by atoms with Crippen molar-refractivity contribution < 1.29 is 9.18 Å². The average molecular weight is 342 g/mol. The maximum absolute atomic E-state index is 13.5. The maximum Gasteiger partial charge on any atom is 0.254 e. The van der Waals surface area contributed by atoms with Crippen molar-refractivity contribution in [1.29, 1.82) is 0 Å². The van der Waals surface area contributed by atoms with Crippen molar-refractivity contribution in [3.63, 3.8) is 0 Å². The summed E-state index contributed by atoms with van der Waals surface area (Å²) in [5.41, 5.74) is 2.60. The molecule has 0 bridgehead atoms. The van der Waals surface area contributed by atoms with Crippen molar-refractivity contribution in [1.82, 2.24) is 19.4 Å². The molecule has 25 heavy (non-hydrogen) atoms. The monoisotopic (exact) mass is 342 g/mol. The summed E-state index contributed by atoms with van der Waals surface area (Å²) in [5, 5.41) is 0. The Balaban J connectivity index is 1.55. The molecule has 1 fully saturated rings. The van der Waals surface area contributed by atoms with Gasteiger partial charge in [0.2, 0.25) is 0 Å². The standard InChI is InChI=1S/C19H23FN4O/c20-16-6-3-5-15(11-16)19(25)23-9-4-10-24-14-21-17(18(24)13-23)12-22-7-1-2-8-22/h3,5-6,11,14H,1-2,4,7-10,12-13H2. The van der Waals surface area contributed by atoms with Crippen LogP contribution in [0.4, 0.5) is 4.39 Å². The van der Waals surface area contributed by atoms with Crippen molar-refractivity contribution in [2.45, 2.75) is 38.9 Å². The normalized spacial score (nSPS) is 18.2. The summed E-state index contributed by atoms with van der Waals surface area (Å²) in [6, 6.07) is 5.94. The Labute approximate surface area is 147 Å². The van der Waals surface area contributed by atoms with Gasteiger partial charge in [-0.1, -0.05) is 6.07 Å². The van der Waals surface area contributed by atoms with Crippen LogP contribution in [0.5, 0.6) is 0 Å². The Kier molecular flexibility index (Phi) is 4.53. The average Bonchev–Trinajstić information content (AvgIpc) is 3.20. The molecule has 0 unspecified atom stereocenters. The summed E-state index contributed by atoms with van der Waals surface area (Å²) >= 11 is 0. The van der Waals surface area contributed by atoms with E-state index < -0.39 is 0 Å². The zero-order valence-electron chi connectivity index (χ0n) is 14.3. The predicted molar refractivity (Wildman–Crippen MR) is 92.5 cm³/mol. The first kappa shape index (κ1) is 16.3. The first-order valence-electron chi connectivity index (χ1n) is 9.01. The summed E-state index contributed by atoms with van der Waals surface area (Å²) in [6.45, 7) is 5.19. The third-order valence-corrected chi connectivity index (χ3v) is 5.13. The van der Waals surface area contributed by atoms with Gasteiger partial charge in [-0.05, 0) is 50.6 Å². The lowest BCUT2D eigenvalue weighted by molar-refractivity contribution is 0.0744. The van der Waals surface area contributed by atoms with Crippen LogP contribution in [0.3, 0.4) is 0 Å². The molecule has 2 aromatic rings. The van der Waals surface area contributed by atoms with Gasteiger partial charge in [-0.15, -0.1) is 0 Å². The van der Waals surface area contributed by atoms with Gasteiger partial charge >= 0.3 is 0 Å². The van der Waals surface area contributed by atoms with Crippen molar-refractivity contribution in [2.24, 2.45) is 0 Å². The van der Waals surface area contributed by atoms with Gasteiger partial charge in [-0.2, -0.15) is 0 Å². The third-order valence-electron chi connectivity index (χ3n) is 5.13. The lowest BCUT2D eigenvalue weighted by Crippen LogP contribution is -2.31. The zero-order valence-corrected chi connectivity index (χ0v) is 14.3. The van der Waals surface area contributed by atoms with Gasteiger partial charge in [-0.3, -0.25) is 9.69 Å². The van der Waals surface area contributed by atoms with Crippen molar-refractivity contribution in [3.8, 4) is 0 Å². The second kappa shape index (κ2) is 6.96. The minimum atomic E-state index is -0.375. The summed E-state index contributed by atoms with van der Waals surface area (Å²) in [6.07, 6.45) is 5.28. The number of likely N-dealkylation sites (tertiary alicyclic amines) is 1. The predicted octanol–water partition coefficient (Wildman–Crippen LogP) is 2.66. The van der Waals surface area contributed by atoms with Gasteiger partial charge in [0.1, 0.15) is 5.82 Å². The number of carbonyl (C=O) groups excluding carboxylic acids is 1. The molecule has 0 saturated carbocycles. The molecule has 0 aliphatic carbocycles. The SMILES string of the molecule is O=C(c1cccc(F)c1)N1CCCn2cnc(CN3CCCC3)c2C1. The van der Waals surface area contributed by atoms with E-state index in [1.54, 1.807) is 12.1 Å². The number of amides is 1. The van der Waals surface area contributed by atoms with Crippen LogP contribution in [-0.2, 0) is 19.6 Å². The van der Waals surface area contributed by atoms with Crippen molar-refractivity contribution in [3.05, 3.63) is 53.4 Å². The fraction of sp³-hybridized carbons (Fsp3) is 0.474. The fourth-order valence-electron chi connectivity index (χ4n) is 3.78. The maximum atomic E-state index is 13.5. The van der Waals surface area contributed by atoms with E-state index in [1.165, 1.54) is 25.0 Å². The number of rotatable bonds is 3. The molecule has 3 heterocycles. The molecule has 0 atom stereocenters. The van der Waals surface area contributed by atoms with Crippen LogP contribution in [0.1, 0.15) is 41.0 Å². The van der Waals surface area contributed by atoms with Gasteiger partial charge in [-0.25, -0.2) is 9.37 Å². The van der Waals surface area contributed by atoms with Gasteiger partial charge < -0.3 is 9.47 Å². The van der Waals surface area contributed by atoms with Gasteiger partial charge in [0.25, 0.3) is 5.91 Å². The van der Waals surface area contributed by atoms with Crippen LogP contribution >= 0.6 is 0 Å². The largest absolute Gasteiger partial charge is 0.333 e. The molecule has 2 aliphatic heterocycles. The minimum Gasteiger partial charge on any atom is -0.333 e. The van der Waals surface area contributed by atoms with E-state index in [-0.39, 0.29) is 11.7 Å². The minimum absolute atomic E-state index is 0.110. The summed E-state index contributed by atoms with van der Waals surface area (Å²) in [7, 11) is 0. The number of nitrogens with zero attached hydrogens (tertiary/aromatic N) is 4. The molecule has 6 heteroatoms. The molecule has 132 valence electrons. The Bertz CT molecular complexity index is 767. The number of hydrogen-bond acceptors (Lipinski definition) is 3. The highest BCUT2D eigenvalue weighted by Gasteiger charge is 2.24. The molecule has 2 aliphatic rings. The molecule has 1 aromatic carbocycles. The number of benzene rings is 1. The lowest BCUT2D eigenvalue weighted by atomic mass is 10.2. The van der Waals surface area contributed by atoms with E-state index in [0.717, 1.165) is 44.0 Å². The molecule has 1 amide bonds. The number of fused-ring (bicyclic) bond motifs is 1. The van der Waals surface area contributed by atoms with Crippen LogP contribution in [0, 0.1) is 5.82 Å². The number of imidazole rings is 1. The molecule has 4 rings (SSSR count). The van der Waals surface area contributed by atoms with E-state index in [9.17, 15) is 9.18 Å². The zero-order chi connectivity index (χ0) is 17.2. The molecule has 0 radical (unpaired) electrons. The van der Waals surface area contributed by atoms with Crippen LogP contribution < -0.4 is 0 Å². The van der Waals surface area contributed by atoms with Gasteiger partial charge in [0.15, 0.2) is 0 Å². The molecule has 0 spiro atoms. The van der Waals surface area contributed by atoms with Gasteiger partial charge in [0.05, 0.1) is 24.3 Å². The highest BCUT2D eigenvalue weighted by Crippen LogP contribution is 2.21. The molecular formula is C19H23FN4O. The highest BCUT2D eigenvalue weighted by atomic mass is 19.1. The second-order valence-electron chi connectivity index (χ2n) is 6.91. The van der Waals surface area contributed by atoms with Gasteiger partial charge in [0, 0.05) is 25.2 Å². The summed E-state index contributed by atoms with van der Waals surface area (Å²) in [5.74, 6) is -0.485. The van der Waals surface area contributed by atoms with E-state index in [2.05, 4.69) is 14.5 Å². The van der Waals surface area contributed by atoms with Crippen molar-refractivity contribution in [2.75, 3.05) is 19.6 Å². The number of hydrogen-bond donors (Lipinski definition) is 0. The topological polar surface area (TPSA) is 41.4 Å². The smallest absolute Gasteiger partial charge is 0.254 e. The number of aromatic nitrogens is 2. The molecule has 1 saturated heterocycles. The van der Waals surface area contributed by atoms with E-state index in [1.807, 2.05) is 11.2 Å². The van der Waals surface area contributed by atoms with Crippen LogP contribution in [-0.4, -0.2) is 44.9 Å². The van der Waals surface area contributed by atoms with Crippen LogP contribution in [0.15, 0.2) is 30.6 Å². The number of halogens is 1. The highest BCUT2D eigenvalue weighted by molar-refractivity contribution is 5.94. The van der Waals surface area contributed by atoms with Crippen LogP contribution in [0.25, 0.3) is 0 Å². The Hall–Kier alpha value is -2.21. The number of aryl methyl sites for hydroxylation is 1. The Morgan fingerprint density at radius 3 is 2.76 bits per heavy atom. The van der Waals surface area contributed by atoms with E-state index in [0.29, 0.717) is 18.7 Å².